The van der Waals surface area contributed by atoms with E-state index in [0.717, 1.165) is 12.8 Å². The van der Waals surface area contributed by atoms with Crippen molar-refractivity contribution < 1.29 is 24.5 Å². The third-order valence-electron chi connectivity index (χ3n) is 4.30. The van der Waals surface area contributed by atoms with Gasteiger partial charge in [0.25, 0.3) is 0 Å². The molecule has 0 aliphatic heterocycles. The highest BCUT2D eigenvalue weighted by Crippen LogP contribution is 2.13. The molecule has 6 heteroatoms. The van der Waals surface area contributed by atoms with Crippen molar-refractivity contribution in [3.63, 3.8) is 0 Å². The van der Waals surface area contributed by atoms with Gasteiger partial charge in [0, 0.05) is 0 Å². The zero-order chi connectivity index (χ0) is 18.9. The molecule has 0 radical (unpaired) electrons. The first-order valence-corrected chi connectivity index (χ1v) is 9.83. The Morgan fingerprint density at radius 2 is 1.28 bits per heavy atom. The van der Waals surface area contributed by atoms with Crippen LogP contribution in [0.5, 0.6) is 0 Å². The zero-order valence-electron chi connectivity index (χ0n) is 15.8. The molecule has 1 unspecified atom stereocenters. The zero-order valence-corrected chi connectivity index (χ0v) is 15.8. The van der Waals surface area contributed by atoms with Crippen molar-refractivity contribution >= 4 is 11.9 Å². The number of ether oxygens (including phenoxy) is 1. The topological polar surface area (TPSA) is 110 Å². The van der Waals surface area contributed by atoms with Crippen LogP contribution in [-0.4, -0.2) is 40.9 Å². The van der Waals surface area contributed by atoms with Crippen molar-refractivity contribution in [2.45, 2.75) is 103 Å². The van der Waals surface area contributed by atoms with E-state index in [0.29, 0.717) is 6.42 Å². The van der Waals surface area contributed by atoms with E-state index in [4.69, 9.17) is 10.8 Å². The molecular weight excluding hydrogens is 322 g/mol. The first-order valence-electron chi connectivity index (χ1n) is 9.83. The van der Waals surface area contributed by atoms with Gasteiger partial charge < -0.3 is 20.7 Å². The van der Waals surface area contributed by atoms with Gasteiger partial charge in [-0.15, -0.1) is 0 Å². The number of rotatable bonds is 16. The molecule has 2 atom stereocenters. The van der Waals surface area contributed by atoms with Gasteiger partial charge in [-0.1, -0.05) is 84.0 Å². The first kappa shape index (κ1) is 24.0. The molecule has 0 bridgehead atoms. The minimum atomic E-state index is -1.31. The predicted octanol–water partition coefficient (Wildman–Crippen LogP) is 2.83. The molecule has 6 nitrogen and oxygen atoms in total. The molecule has 0 aliphatic rings. The maximum atomic E-state index is 11.5. The van der Waals surface area contributed by atoms with Crippen LogP contribution in [-0.2, 0) is 14.3 Å². The smallest absolute Gasteiger partial charge is 0.342 e. The molecule has 0 aromatic carbocycles. The summed E-state index contributed by atoms with van der Waals surface area (Å²) in [5.74, 6) is -2.00. The molecule has 0 saturated carbocycles. The summed E-state index contributed by atoms with van der Waals surface area (Å²) in [5, 5.41) is 18.3. The third kappa shape index (κ3) is 13.9. The molecule has 0 aromatic heterocycles. The van der Waals surface area contributed by atoms with Gasteiger partial charge >= 0.3 is 11.9 Å². The summed E-state index contributed by atoms with van der Waals surface area (Å²) in [5.41, 5.74) is 5.23. The molecule has 0 rings (SSSR count). The van der Waals surface area contributed by atoms with Gasteiger partial charge in [0.1, 0.15) is 6.04 Å². The second-order valence-electron chi connectivity index (χ2n) is 6.72. The highest BCUT2D eigenvalue weighted by Gasteiger charge is 2.23. The van der Waals surface area contributed by atoms with Crippen molar-refractivity contribution in [3.05, 3.63) is 0 Å². The lowest BCUT2D eigenvalue weighted by Crippen LogP contribution is -2.39. The van der Waals surface area contributed by atoms with Crippen molar-refractivity contribution in [3.8, 4) is 0 Å². The van der Waals surface area contributed by atoms with Crippen LogP contribution in [0.2, 0.25) is 0 Å². The standard InChI is InChI=1S/C19H37NO5/c1-2-3-4-5-6-7-8-9-10-11-12-13-14-17(22)19(24)25-18(23)16(20)15-21/h16-17,21-22H,2-15,20H2,1H3/t16-,17?/m0/s1. The SMILES string of the molecule is CCCCCCCCCCCCCCC(O)C(=O)OC(=O)[C@@H](N)CO. The van der Waals surface area contributed by atoms with Gasteiger partial charge in [-0.2, -0.15) is 0 Å². The minimum Gasteiger partial charge on any atom is -0.394 e. The number of esters is 2. The molecule has 0 saturated heterocycles. The van der Waals surface area contributed by atoms with Gasteiger partial charge in [0.05, 0.1) is 6.61 Å². The third-order valence-corrected chi connectivity index (χ3v) is 4.30. The van der Waals surface area contributed by atoms with E-state index in [1.807, 2.05) is 0 Å². The Bertz CT molecular complexity index is 349. The highest BCUT2D eigenvalue weighted by atomic mass is 16.6. The summed E-state index contributed by atoms with van der Waals surface area (Å²) >= 11 is 0. The molecule has 0 aromatic rings. The summed E-state index contributed by atoms with van der Waals surface area (Å²) in [7, 11) is 0. The quantitative estimate of drug-likeness (QED) is 0.222. The number of aliphatic hydroxyl groups excluding tert-OH is 2. The van der Waals surface area contributed by atoms with Crippen LogP contribution in [0.4, 0.5) is 0 Å². The summed E-state index contributed by atoms with van der Waals surface area (Å²) in [6.45, 7) is 1.63. The number of hydrogen-bond donors (Lipinski definition) is 3. The predicted molar refractivity (Wildman–Crippen MR) is 97.9 cm³/mol. The Hall–Kier alpha value is -0.980. The molecule has 0 amide bonds. The fourth-order valence-corrected chi connectivity index (χ4v) is 2.61. The Balaban J connectivity index is 3.46. The lowest BCUT2D eigenvalue weighted by Gasteiger charge is -2.11. The molecule has 0 aliphatic carbocycles. The van der Waals surface area contributed by atoms with Crippen molar-refractivity contribution in [2.75, 3.05) is 6.61 Å². The number of unbranched alkanes of at least 4 members (excludes halogenated alkanes) is 11. The molecule has 0 fully saturated rings. The molecule has 0 spiro atoms. The van der Waals surface area contributed by atoms with Gasteiger partial charge in [0.15, 0.2) is 6.10 Å². The van der Waals surface area contributed by atoms with Crippen LogP contribution in [0.3, 0.4) is 0 Å². The van der Waals surface area contributed by atoms with Crippen molar-refractivity contribution in [2.24, 2.45) is 5.73 Å². The van der Waals surface area contributed by atoms with Gasteiger partial charge in [0.2, 0.25) is 0 Å². The molecule has 25 heavy (non-hydrogen) atoms. The Morgan fingerprint density at radius 3 is 1.72 bits per heavy atom. The van der Waals surface area contributed by atoms with Crippen LogP contribution < -0.4 is 5.73 Å². The van der Waals surface area contributed by atoms with E-state index in [-0.39, 0.29) is 6.42 Å². The lowest BCUT2D eigenvalue weighted by atomic mass is 10.0. The van der Waals surface area contributed by atoms with Gasteiger partial charge in [-0.05, 0) is 6.42 Å². The maximum Gasteiger partial charge on any atom is 0.342 e. The number of nitrogens with two attached hydrogens (primary N) is 1. The number of hydrogen-bond acceptors (Lipinski definition) is 6. The van der Waals surface area contributed by atoms with Gasteiger partial charge in [-0.3, -0.25) is 0 Å². The number of carbonyl (C=O) groups excluding carboxylic acids is 2. The van der Waals surface area contributed by atoms with Crippen molar-refractivity contribution in [1.82, 2.24) is 0 Å². The molecular formula is C19H37NO5. The minimum absolute atomic E-state index is 0.276. The molecule has 148 valence electrons. The van der Waals surface area contributed by atoms with Crippen LogP contribution in [0.25, 0.3) is 0 Å². The Kier molecular flexibility index (Phi) is 15.8. The fourth-order valence-electron chi connectivity index (χ4n) is 2.61. The summed E-state index contributed by atoms with van der Waals surface area (Å²) in [6.07, 6.45) is 13.4. The normalized spacial score (nSPS) is 13.4. The molecule has 4 N–H and O–H groups in total. The average Bonchev–Trinajstić information content (AvgIpc) is 2.61. The first-order chi connectivity index (χ1) is 12.0. The van der Waals surface area contributed by atoms with E-state index in [2.05, 4.69) is 11.7 Å². The van der Waals surface area contributed by atoms with Crippen LogP contribution in [0.15, 0.2) is 0 Å². The summed E-state index contributed by atoms with van der Waals surface area (Å²) in [4.78, 5) is 22.7. The van der Waals surface area contributed by atoms with Crippen LogP contribution in [0, 0.1) is 0 Å². The van der Waals surface area contributed by atoms with Crippen molar-refractivity contribution in [1.29, 1.82) is 0 Å². The Morgan fingerprint density at radius 1 is 0.840 bits per heavy atom. The highest BCUT2D eigenvalue weighted by molar-refractivity contribution is 5.90. The second-order valence-corrected chi connectivity index (χ2v) is 6.72. The van der Waals surface area contributed by atoms with E-state index in [1.54, 1.807) is 0 Å². The van der Waals surface area contributed by atoms with E-state index in [1.165, 1.54) is 57.8 Å². The van der Waals surface area contributed by atoms with Gasteiger partial charge in [-0.25, -0.2) is 9.59 Å². The molecule has 0 heterocycles. The van der Waals surface area contributed by atoms with E-state index in [9.17, 15) is 14.7 Å². The fraction of sp³-hybridized carbons (Fsp3) is 0.895. The Labute approximate surface area is 152 Å². The number of aliphatic hydroxyl groups is 2. The lowest BCUT2D eigenvalue weighted by molar-refractivity contribution is -0.167. The van der Waals surface area contributed by atoms with E-state index < -0.39 is 30.7 Å². The average molecular weight is 360 g/mol. The monoisotopic (exact) mass is 359 g/mol. The summed E-state index contributed by atoms with van der Waals surface area (Å²) < 4.78 is 4.41. The van der Waals surface area contributed by atoms with Crippen LogP contribution >= 0.6 is 0 Å². The second kappa shape index (κ2) is 16.5. The number of carbonyl (C=O) groups is 2. The summed E-state index contributed by atoms with van der Waals surface area (Å²) in [6, 6.07) is -1.25. The van der Waals surface area contributed by atoms with E-state index >= 15 is 0 Å². The maximum absolute atomic E-state index is 11.5. The largest absolute Gasteiger partial charge is 0.394 e. The van der Waals surface area contributed by atoms with Crippen LogP contribution in [0.1, 0.15) is 90.4 Å².